The predicted molar refractivity (Wildman–Crippen MR) is 83.2 cm³/mol. The molecule has 0 radical (unpaired) electrons. The first-order chi connectivity index (χ1) is 11.1. The quantitative estimate of drug-likeness (QED) is 0.914. The Labute approximate surface area is 134 Å². The molecule has 2 aromatic rings. The summed E-state index contributed by atoms with van der Waals surface area (Å²) in [6.45, 7) is 0. The van der Waals surface area contributed by atoms with E-state index in [2.05, 4.69) is 10.3 Å². The summed E-state index contributed by atoms with van der Waals surface area (Å²) >= 11 is 0. The fourth-order valence-corrected chi connectivity index (χ4v) is 3.32. The van der Waals surface area contributed by atoms with Crippen LogP contribution in [0.3, 0.4) is 0 Å². The molecule has 1 aromatic heterocycles. The number of aromatic carboxylic acids is 1. The van der Waals surface area contributed by atoms with E-state index in [9.17, 15) is 14.3 Å². The average Bonchev–Trinajstić information content (AvgIpc) is 2.98. The SMILES string of the molecule is O=C(O)c1nnn(-c2cccc(F)c2)c1CCC1CCCCC1. The van der Waals surface area contributed by atoms with Crippen LogP contribution in [0.2, 0.25) is 0 Å². The van der Waals surface area contributed by atoms with Gasteiger partial charge >= 0.3 is 5.97 Å². The first kappa shape index (κ1) is 15.6. The van der Waals surface area contributed by atoms with Crippen LogP contribution >= 0.6 is 0 Å². The van der Waals surface area contributed by atoms with Crippen molar-refractivity contribution in [2.24, 2.45) is 5.92 Å². The van der Waals surface area contributed by atoms with Gasteiger partial charge in [-0.15, -0.1) is 5.10 Å². The van der Waals surface area contributed by atoms with Crippen molar-refractivity contribution >= 4 is 5.97 Å². The Morgan fingerprint density at radius 2 is 2.09 bits per heavy atom. The van der Waals surface area contributed by atoms with Crippen molar-refractivity contribution in [3.63, 3.8) is 0 Å². The van der Waals surface area contributed by atoms with E-state index in [0.717, 1.165) is 6.42 Å². The van der Waals surface area contributed by atoms with Crippen LogP contribution < -0.4 is 0 Å². The van der Waals surface area contributed by atoms with Crippen molar-refractivity contribution < 1.29 is 14.3 Å². The van der Waals surface area contributed by atoms with Gasteiger partial charge in [-0.3, -0.25) is 0 Å². The van der Waals surface area contributed by atoms with Crippen molar-refractivity contribution in [2.45, 2.75) is 44.9 Å². The van der Waals surface area contributed by atoms with Crippen LogP contribution in [0.15, 0.2) is 24.3 Å². The number of benzene rings is 1. The van der Waals surface area contributed by atoms with Gasteiger partial charge in [-0.1, -0.05) is 43.4 Å². The molecule has 3 rings (SSSR count). The monoisotopic (exact) mass is 317 g/mol. The first-order valence-corrected chi connectivity index (χ1v) is 8.09. The highest BCUT2D eigenvalue weighted by Crippen LogP contribution is 2.28. The first-order valence-electron chi connectivity index (χ1n) is 8.09. The van der Waals surface area contributed by atoms with Crippen LogP contribution in [0.5, 0.6) is 0 Å². The Kier molecular flexibility index (Phi) is 4.69. The average molecular weight is 317 g/mol. The predicted octanol–water partition coefficient (Wildman–Crippen LogP) is 3.62. The van der Waals surface area contributed by atoms with Gasteiger partial charge in [0.25, 0.3) is 0 Å². The molecular weight excluding hydrogens is 297 g/mol. The van der Waals surface area contributed by atoms with Crippen LogP contribution in [0.4, 0.5) is 4.39 Å². The maximum absolute atomic E-state index is 13.4. The van der Waals surface area contributed by atoms with E-state index in [4.69, 9.17) is 0 Å². The third-order valence-corrected chi connectivity index (χ3v) is 4.53. The highest BCUT2D eigenvalue weighted by atomic mass is 19.1. The second-order valence-electron chi connectivity index (χ2n) is 6.12. The zero-order valence-corrected chi connectivity index (χ0v) is 12.9. The van der Waals surface area contributed by atoms with Crippen molar-refractivity contribution in [3.05, 3.63) is 41.5 Å². The largest absolute Gasteiger partial charge is 0.476 e. The van der Waals surface area contributed by atoms with Gasteiger partial charge in [-0.05, 0) is 37.0 Å². The lowest BCUT2D eigenvalue weighted by Crippen LogP contribution is -2.12. The van der Waals surface area contributed by atoms with E-state index in [-0.39, 0.29) is 11.5 Å². The second-order valence-corrected chi connectivity index (χ2v) is 6.12. The molecule has 1 saturated carbocycles. The second kappa shape index (κ2) is 6.89. The minimum atomic E-state index is -1.09. The summed E-state index contributed by atoms with van der Waals surface area (Å²) in [6, 6.07) is 5.97. The lowest BCUT2D eigenvalue weighted by atomic mass is 9.85. The van der Waals surface area contributed by atoms with Crippen LogP contribution in [-0.2, 0) is 6.42 Å². The number of carboxylic acid groups (broad SMARTS) is 1. The van der Waals surface area contributed by atoms with Gasteiger partial charge < -0.3 is 5.11 Å². The Bertz CT molecular complexity index is 693. The van der Waals surface area contributed by atoms with E-state index < -0.39 is 5.97 Å². The molecule has 1 heterocycles. The zero-order valence-electron chi connectivity index (χ0n) is 12.9. The molecule has 0 aliphatic heterocycles. The molecule has 122 valence electrons. The summed E-state index contributed by atoms with van der Waals surface area (Å²) in [7, 11) is 0. The van der Waals surface area contributed by atoms with Crippen LogP contribution in [0.25, 0.3) is 5.69 Å². The van der Waals surface area contributed by atoms with Crippen molar-refractivity contribution in [3.8, 4) is 5.69 Å². The van der Waals surface area contributed by atoms with Gasteiger partial charge in [-0.2, -0.15) is 0 Å². The molecule has 1 aliphatic rings. The number of rotatable bonds is 5. The van der Waals surface area contributed by atoms with Gasteiger partial charge in [0.15, 0.2) is 5.69 Å². The molecule has 1 aromatic carbocycles. The fraction of sp³-hybridized carbons (Fsp3) is 0.471. The summed E-state index contributed by atoms with van der Waals surface area (Å²) in [5.74, 6) is -0.847. The summed E-state index contributed by atoms with van der Waals surface area (Å²) in [5.41, 5.74) is 1.02. The number of aromatic nitrogens is 3. The van der Waals surface area contributed by atoms with Gasteiger partial charge in [0.05, 0.1) is 11.4 Å². The molecule has 6 heteroatoms. The highest BCUT2D eigenvalue weighted by Gasteiger charge is 2.22. The third-order valence-electron chi connectivity index (χ3n) is 4.53. The van der Waals surface area contributed by atoms with E-state index in [1.807, 2.05) is 0 Å². The smallest absolute Gasteiger partial charge is 0.358 e. The van der Waals surface area contributed by atoms with Crippen molar-refractivity contribution in [2.75, 3.05) is 0 Å². The number of hydrogen-bond donors (Lipinski definition) is 1. The number of carboxylic acids is 1. The van der Waals surface area contributed by atoms with Gasteiger partial charge in [0.1, 0.15) is 5.82 Å². The molecule has 0 spiro atoms. The maximum atomic E-state index is 13.4. The molecule has 1 aliphatic carbocycles. The van der Waals surface area contributed by atoms with Crippen molar-refractivity contribution in [1.29, 1.82) is 0 Å². The van der Waals surface area contributed by atoms with Crippen LogP contribution in [0.1, 0.15) is 54.7 Å². The number of nitrogens with zero attached hydrogens (tertiary/aromatic N) is 3. The summed E-state index contributed by atoms with van der Waals surface area (Å²) in [4.78, 5) is 11.4. The van der Waals surface area contributed by atoms with Crippen LogP contribution in [-0.4, -0.2) is 26.1 Å². The molecule has 0 unspecified atom stereocenters. The summed E-state index contributed by atoms with van der Waals surface area (Å²) in [5, 5.41) is 17.0. The van der Waals surface area contributed by atoms with Crippen LogP contribution in [0, 0.1) is 11.7 Å². The van der Waals surface area contributed by atoms with E-state index >= 15 is 0 Å². The molecular formula is C17H20FN3O2. The Hall–Kier alpha value is -2.24. The molecule has 0 amide bonds. The molecule has 5 nitrogen and oxygen atoms in total. The number of carbonyl (C=O) groups is 1. The minimum Gasteiger partial charge on any atom is -0.476 e. The Balaban J connectivity index is 1.86. The van der Waals surface area contributed by atoms with E-state index in [1.54, 1.807) is 12.1 Å². The lowest BCUT2D eigenvalue weighted by Gasteiger charge is -2.21. The third kappa shape index (κ3) is 3.57. The lowest BCUT2D eigenvalue weighted by molar-refractivity contribution is 0.0689. The summed E-state index contributed by atoms with van der Waals surface area (Å²) < 4.78 is 14.9. The van der Waals surface area contributed by atoms with Gasteiger partial charge in [0.2, 0.25) is 0 Å². The zero-order chi connectivity index (χ0) is 16.2. The fourth-order valence-electron chi connectivity index (χ4n) is 3.32. The van der Waals surface area contributed by atoms with E-state index in [0.29, 0.717) is 23.7 Å². The standard InChI is InChI=1S/C17H20FN3O2/c18-13-7-4-8-14(11-13)21-15(16(17(22)23)19-20-21)10-9-12-5-2-1-3-6-12/h4,7-8,11-12H,1-3,5-6,9-10H2,(H,22,23). The molecule has 1 fully saturated rings. The molecule has 0 atom stereocenters. The molecule has 0 bridgehead atoms. The normalized spacial score (nSPS) is 15.7. The topological polar surface area (TPSA) is 68.0 Å². The molecule has 1 N–H and O–H groups in total. The van der Waals surface area contributed by atoms with E-state index in [1.165, 1.54) is 48.9 Å². The molecule has 0 saturated heterocycles. The van der Waals surface area contributed by atoms with Crippen molar-refractivity contribution in [1.82, 2.24) is 15.0 Å². The van der Waals surface area contributed by atoms with Gasteiger partial charge in [0, 0.05) is 0 Å². The molecule has 23 heavy (non-hydrogen) atoms. The summed E-state index contributed by atoms with van der Waals surface area (Å²) in [6.07, 6.45) is 7.70. The van der Waals surface area contributed by atoms with Gasteiger partial charge in [-0.25, -0.2) is 13.9 Å². The highest BCUT2D eigenvalue weighted by molar-refractivity contribution is 5.86. The maximum Gasteiger partial charge on any atom is 0.358 e. The Morgan fingerprint density at radius 1 is 1.30 bits per heavy atom. The Morgan fingerprint density at radius 3 is 2.78 bits per heavy atom. The number of halogens is 1. The number of hydrogen-bond acceptors (Lipinski definition) is 3. The minimum absolute atomic E-state index is 0.0370.